The normalized spacial score (nSPS) is 10.7. The third-order valence-electron chi connectivity index (χ3n) is 3.30. The molecule has 3 aromatic rings. The van der Waals surface area contributed by atoms with E-state index in [1.165, 1.54) is 5.39 Å². The molecule has 0 unspecified atom stereocenters. The lowest BCUT2D eigenvalue weighted by atomic mass is 10.1. The van der Waals surface area contributed by atoms with E-state index in [1.807, 2.05) is 42.5 Å². The lowest BCUT2D eigenvalue weighted by molar-refractivity contribution is 0.465. The molecule has 0 atom stereocenters. The summed E-state index contributed by atoms with van der Waals surface area (Å²) in [6.45, 7) is 3.76. The minimum atomic E-state index is 0.627. The Labute approximate surface area is 124 Å². The molecule has 0 saturated heterocycles. The van der Waals surface area contributed by atoms with Crippen LogP contribution >= 0.6 is 0 Å². The Bertz CT molecular complexity index is 735. The molecule has 0 bridgehead atoms. The van der Waals surface area contributed by atoms with Crippen molar-refractivity contribution >= 4 is 10.8 Å². The van der Waals surface area contributed by atoms with Gasteiger partial charge in [-0.3, -0.25) is 0 Å². The van der Waals surface area contributed by atoms with Crippen molar-refractivity contribution in [3.05, 3.63) is 66.4 Å². The minimum Gasteiger partial charge on any atom is -0.438 e. The van der Waals surface area contributed by atoms with Gasteiger partial charge in [0, 0.05) is 18.0 Å². The Morgan fingerprint density at radius 1 is 0.952 bits per heavy atom. The Morgan fingerprint density at radius 3 is 2.67 bits per heavy atom. The van der Waals surface area contributed by atoms with Crippen molar-refractivity contribution in [1.82, 2.24) is 10.3 Å². The minimum absolute atomic E-state index is 0.627. The molecule has 0 aliphatic carbocycles. The highest BCUT2D eigenvalue weighted by Gasteiger charge is 2.04. The second-order valence-electron chi connectivity index (χ2n) is 4.83. The number of rotatable bonds is 5. The number of nitrogens with one attached hydrogen (secondary N) is 1. The maximum Gasteiger partial charge on any atom is 0.219 e. The van der Waals surface area contributed by atoms with Gasteiger partial charge in [-0.1, -0.05) is 49.4 Å². The molecule has 0 radical (unpaired) electrons. The van der Waals surface area contributed by atoms with Crippen LogP contribution in [-0.4, -0.2) is 11.5 Å². The highest BCUT2D eigenvalue weighted by molar-refractivity contribution is 5.88. The number of hydrogen-bond donors (Lipinski definition) is 1. The quantitative estimate of drug-likeness (QED) is 0.761. The van der Waals surface area contributed by atoms with E-state index in [4.69, 9.17) is 4.74 Å². The van der Waals surface area contributed by atoms with Crippen molar-refractivity contribution in [3.8, 4) is 11.6 Å². The van der Waals surface area contributed by atoms with E-state index in [0.29, 0.717) is 5.88 Å². The maximum absolute atomic E-state index is 5.97. The first-order valence-electron chi connectivity index (χ1n) is 7.19. The van der Waals surface area contributed by atoms with Gasteiger partial charge in [0.25, 0.3) is 0 Å². The zero-order valence-corrected chi connectivity index (χ0v) is 12.0. The van der Waals surface area contributed by atoms with E-state index in [1.54, 1.807) is 0 Å². The zero-order chi connectivity index (χ0) is 14.5. The SMILES string of the molecule is CCNCc1cccc(Oc2cccc3ccccc23)n1. The second kappa shape index (κ2) is 6.37. The molecule has 0 aliphatic rings. The fourth-order valence-corrected chi connectivity index (χ4v) is 2.26. The first-order chi connectivity index (χ1) is 10.4. The van der Waals surface area contributed by atoms with E-state index in [-0.39, 0.29) is 0 Å². The van der Waals surface area contributed by atoms with Crippen LogP contribution in [0.1, 0.15) is 12.6 Å². The van der Waals surface area contributed by atoms with E-state index in [9.17, 15) is 0 Å². The third kappa shape index (κ3) is 3.20. The van der Waals surface area contributed by atoms with Gasteiger partial charge >= 0.3 is 0 Å². The van der Waals surface area contributed by atoms with Gasteiger partial charge in [0.2, 0.25) is 5.88 Å². The van der Waals surface area contributed by atoms with Crippen LogP contribution in [-0.2, 0) is 6.54 Å². The van der Waals surface area contributed by atoms with Crippen LogP contribution in [0.3, 0.4) is 0 Å². The average Bonchev–Trinajstić information content (AvgIpc) is 2.54. The van der Waals surface area contributed by atoms with Gasteiger partial charge in [-0.15, -0.1) is 0 Å². The maximum atomic E-state index is 5.97. The zero-order valence-electron chi connectivity index (χ0n) is 12.0. The topological polar surface area (TPSA) is 34.1 Å². The van der Waals surface area contributed by atoms with Gasteiger partial charge in [0.1, 0.15) is 5.75 Å². The van der Waals surface area contributed by atoms with Gasteiger partial charge in [0.15, 0.2) is 0 Å². The van der Waals surface area contributed by atoms with Crippen molar-refractivity contribution in [1.29, 1.82) is 0 Å². The van der Waals surface area contributed by atoms with Gasteiger partial charge in [-0.25, -0.2) is 4.98 Å². The Kier molecular flexibility index (Phi) is 4.12. The number of nitrogens with zero attached hydrogens (tertiary/aromatic N) is 1. The monoisotopic (exact) mass is 278 g/mol. The molecule has 3 nitrogen and oxygen atoms in total. The van der Waals surface area contributed by atoms with Crippen LogP contribution in [0.25, 0.3) is 10.8 Å². The molecule has 106 valence electrons. The first kappa shape index (κ1) is 13.6. The number of fused-ring (bicyclic) bond motifs is 1. The fourth-order valence-electron chi connectivity index (χ4n) is 2.26. The lowest BCUT2D eigenvalue weighted by Gasteiger charge is -2.09. The average molecular weight is 278 g/mol. The van der Waals surface area contributed by atoms with Crippen LogP contribution in [0.15, 0.2) is 60.7 Å². The van der Waals surface area contributed by atoms with Crippen LogP contribution < -0.4 is 10.1 Å². The van der Waals surface area contributed by atoms with Crippen LogP contribution in [0.2, 0.25) is 0 Å². The molecule has 0 amide bonds. The highest BCUT2D eigenvalue weighted by atomic mass is 16.5. The lowest BCUT2D eigenvalue weighted by Crippen LogP contribution is -2.12. The predicted octanol–water partition coefficient (Wildman–Crippen LogP) is 4.14. The Morgan fingerprint density at radius 2 is 1.76 bits per heavy atom. The first-order valence-corrected chi connectivity index (χ1v) is 7.19. The molecular formula is C18H18N2O. The number of aromatic nitrogens is 1. The molecular weight excluding hydrogens is 260 g/mol. The summed E-state index contributed by atoms with van der Waals surface area (Å²) in [5.74, 6) is 1.46. The predicted molar refractivity (Wildman–Crippen MR) is 85.6 cm³/mol. The van der Waals surface area contributed by atoms with Gasteiger partial charge < -0.3 is 10.1 Å². The molecule has 0 saturated carbocycles. The van der Waals surface area contributed by atoms with Gasteiger partial charge in [-0.05, 0) is 24.1 Å². The highest BCUT2D eigenvalue weighted by Crippen LogP contribution is 2.28. The molecule has 0 fully saturated rings. The van der Waals surface area contributed by atoms with Crippen molar-refractivity contribution in [2.24, 2.45) is 0 Å². The summed E-state index contributed by atoms with van der Waals surface area (Å²) in [5.41, 5.74) is 0.981. The van der Waals surface area contributed by atoms with Crippen LogP contribution in [0.5, 0.6) is 11.6 Å². The van der Waals surface area contributed by atoms with Crippen molar-refractivity contribution in [3.63, 3.8) is 0 Å². The number of hydrogen-bond acceptors (Lipinski definition) is 3. The molecule has 21 heavy (non-hydrogen) atoms. The van der Waals surface area contributed by atoms with Crippen molar-refractivity contribution in [2.75, 3.05) is 6.54 Å². The summed E-state index contributed by atoms with van der Waals surface area (Å²) in [7, 11) is 0. The molecule has 0 aliphatic heterocycles. The molecule has 3 heteroatoms. The van der Waals surface area contributed by atoms with Gasteiger partial charge in [0.05, 0.1) is 5.69 Å². The van der Waals surface area contributed by atoms with Crippen LogP contribution in [0.4, 0.5) is 0 Å². The molecule has 1 N–H and O–H groups in total. The summed E-state index contributed by atoms with van der Waals surface area (Å²) >= 11 is 0. The summed E-state index contributed by atoms with van der Waals surface area (Å²) in [6.07, 6.45) is 0. The molecule has 1 aromatic heterocycles. The molecule has 0 spiro atoms. The number of benzene rings is 2. The summed E-state index contributed by atoms with van der Waals surface area (Å²) in [4.78, 5) is 4.53. The Balaban J connectivity index is 1.88. The van der Waals surface area contributed by atoms with Crippen molar-refractivity contribution < 1.29 is 4.74 Å². The molecule has 3 rings (SSSR count). The summed E-state index contributed by atoms with van der Waals surface area (Å²) in [5, 5.41) is 5.53. The van der Waals surface area contributed by atoms with E-state index in [0.717, 1.165) is 29.9 Å². The largest absolute Gasteiger partial charge is 0.438 e. The van der Waals surface area contributed by atoms with Gasteiger partial charge in [-0.2, -0.15) is 0 Å². The third-order valence-corrected chi connectivity index (χ3v) is 3.30. The second-order valence-corrected chi connectivity index (χ2v) is 4.83. The van der Waals surface area contributed by atoms with Crippen LogP contribution in [0, 0.1) is 0 Å². The molecule has 2 aromatic carbocycles. The van der Waals surface area contributed by atoms with E-state index in [2.05, 4.69) is 35.4 Å². The number of ether oxygens (including phenoxy) is 1. The fraction of sp³-hybridized carbons (Fsp3) is 0.167. The van der Waals surface area contributed by atoms with E-state index >= 15 is 0 Å². The standard InChI is InChI=1S/C18H18N2O/c1-2-19-13-15-9-6-12-18(20-15)21-17-11-5-8-14-7-3-4-10-16(14)17/h3-12,19H,2,13H2,1H3. The number of pyridine rings is 1. The summed E-state index contributed by atoms with van der Waals surface area (Å²) in [6, 6.07) is 20.1. The smallest absolute Gasteiger partial charge is 0.219 e. The van der Waals surface area contributed by atoms with Crippen molar-refractivity contribution in [2.45, 2.75) is 13.5 Å². The Hall–Kier alpha value is -2.39. The summed E-state index contributed by atoms with van der Waals surface area (Å²) < 4.78 is 5.97. The van der Waals surface area contributed by atoms with E-state index < -0.39 is 0 Å². The molecule has 1 heterocycles.